The maximum Gasteiger partial charge on any atom is 0.232 e. The van der Waals surface area contributed by atoms with Gasteiger partial charge < -0.3 is 15.4 Å². The van der Waals surface area contributed by atoms with Gasteiger partial charge in [-0.05, 0) is 24.3 Å². The van der Waals surface area contributed by atoms with Crippen LogP contribution in [0, 0.1) is 6.57 Å². The SMILES string of the molecule is [C-]#[N+]c1ccc(Nc2nc(NC)cc(Oc3cccc4cccnc34)n2)cc1. The molecule has 0 spiro atoms. The Morgan fingerprint density at radius 1 is 1.00 bits per heavy atom. The van der Waals surface area contributed by atoms with Gasteiger partial charge in [0.15, 0.2) is 11.4 Å². The van der Waals surface area contributed by atoms with E-state index in [0.717, 1.165) is 16.6 Å². The molecule has 0 aliphatic rings. The van der Waals surface area contributed by atoms with Crippen LogP contribution in [-0.4, -0.2) is 22.0 Å². The molecule has 2 aromatic carbocycles. The Morgan fingerprint density at radius 3 is 2.61 bits per heavy atom. The summed E-state index contributed by atoms with van der Waals surface area (Å²) < 4.78 is 6.02. The van der Waals surface area contributed by atoms with Crippen molar-refractivity contribution in [1.29, 1.82) is 0 Å². The van der Waals surface area contributed by atoms with E-state index in [2.05, 4.69) is 30.4 Å². The van der Waals surface area contributed by atoms with Crippen molar-refractivity contribution in [3.05, 3.63) is 78.3 Å². The van der Waals surface area contributed by atoms with Gasteiger partial charge in [0.25, 0.3) is 0 Å². The monoisotopic (exact) mass is 368 g/mol. The summed E-state index contributed by atoms with van der Waals surface area (Å²) in [5.74, 6) is 1.99. The summed E-state index contributed by atoms with van der Waals surface area (Å²) in [6.07, 6.45) is 1.73. The standard InChI is InChI=1S/C21H16N6O/c1-22-15-8-10-16(11-9-15)25-21-26-18(23-2)13-19(27-21)28-17-7-3-5-14-6-4-12-24-20(14)17/h3-13H,2H3,(H2,23,25,26,27). The third-order valence-corrected chi connectivity index (χ3v) is 4.02. The highest BCUT2D eigenvalue weighted by Gasteiger charge is 2.09. The van der Waals surface area contributed by atoms with Crippen molar-refractivity contribution in [1.82, 2.24) is 15.0 Å². The van der Waals surface area contributed by atoms with E-state index >= 15 is 0 Å². The number of fused-ring (bicyclic) bond motifs is 1. The van der Waals surface area contributed by atoms with Crippen molar-refractivity contribution in [3.8, 4) is 11.6 Å². The van der Waals surface area contributed by atoms with E-state index in [9.17, 15) is 0 Å². The third kappa shape index (κ3) is 3.66. The van der Waals surface area contributed by atoms with Crippen LogP contribution in [0.5, 0.6) is 11.6 Å². The van der Waals surface area contributed by atoms with Gasteiger partial charge in [0.1, 0.15) is 11.3 Å². The lowest BCUT2D eigenvalue weighted by atomic mass is 10.2. The Kier molecular flexibility index (Phi) is 4.68. The summed E-state index contributed by atoms with van der Waals surface area (Å²) >= 11 is 0. The average molecular weight is 368 g/mol. The molecule has 7 heteroatoms. The highest BCUT2D eigenvalue weighted by molar-refractivity contribution is 5.84. The quantitative estimate of drug-likeness (QED) is 0.474. The molecule has 0 saturated carbocycles. The number of aromatic nitrogens is 3. The Morgan fingerprint density at radius 2 is 1.82 bits per heavy atom. The van der Waals surface area contributed by atoms with Gasteiger partial charge in [-0.2, -0.15) is 9.97 Å². The fourth-order valence-electron chi connectivity index (χ4n) is 2.68. The van der Waals surface area contributed by atoms with Crippen LogP contribution >= 0.6 is 0 Å². The van der Waals surface area contributed by atoms with Crippen LogP contribution in [-0.2, 0) is 0 Å². The molecule has 28 heavy (non-hydrogen) atoms. The summed E-state index contributed by atoms with van der Waals surface area (Å²) in [6.45, 7) is 7.03. The molecule has 136 valence electrons. The molecule has 0 unspecified atom stereocenters. The molecule has 0 atom stereocenters. The lowest BCUT2D eigenvalue weighted by Gasteiger charge is -2.11. The average Bonchev–Trinajstić information content (AvgIpc) is 2.74. The van der Waals surface area contributed by atoms with Crippen LogP contribution in [0.1, 0.15) is 0 Å². The number of anilines is 3. The maximum absolute atomic E-state index is 7.03. The van der Waals surface area contributed by atoms with Gasteiger partial charge in [0.05, 0.1) is 6.57 Å². The molecular weight excluding hydrogens is 352 g/mol. The molecule has 0 aliphatic heterocycles. The van der Waals surface area contributed by atoms with Crippen molar-refractivity contribution in [2.45, 2.75) is 0 Å². The molecule has 0 radical (unpaired) electrons. The van der Waals surface area contributed by atoms with Crippen molar-refractivity contribution in [3.63, 3.8) is 0 Å². The third-order valence-electron chi connectivity index (χ3n) is 4.02. The number of para-hydroxylation sites is 1. The summed E-state index contributed by atoms with van der Waals surface area (Å²) in [5.41, 5.74) is 2.11. The van der Waals surface area contributed by atoms with Gasteiger partial charge >= 0.3 is 0 Å². The topological polar surface area (TPSA) is 76.3 Å². The molecule has 4 rings (SSSR count). The predicted octanol–water partition coefficient (Wildman–Crippen LogP) is 5.15. The lowest BCUT2D eigenvalue weighted by molar-refractivity contribution is 0.467. The second-order valence-electron chi connectivity index (χ2n) is 5.88. The lowest BCUT2D eigenvalue weighted by Crippen LogP contribution is -2.02. The van der Waals surface area contributed by atoms with Crippen LogP contribution < -0.4 is 15.4 Å². The van der Waals surface area contributed by atoms with Crippen LogP contribution in [0.25, 0.3) is 15.7 Å². The summed E-state index contributed by atoms with van der Waals surface area (Å²) in [4.78, 5) is 16.6. The number of nitrogens with one attached hydrogen (secondary N) is 2. The van der Waals surface area contributed by atoms with Crippen LogP contribution in [0.3, 0.4) is 0 Å². The number of hydrogen-bond acceptors (Lipinski definition) is 6. The highest BCUT2D eigenvalue weighted by Crippen LogP contribution is 2.29. The van der Waals surface area contributed by atoms with Crippen LogP contribution in [0.2, 0.25) is 0 Å². The number of nitrogens with zero attached hydrogens (tertiary/aromatic N) is 4. The Bertz CT molecular complexity index is 1160. The van der Waals surface area contributed by atoms with Crippen molar-refractivity contribution < 1.29 is 4.74 Å². The minimum absolute atomic E-state index is 0.380. The first kappa shape index (κ1) is 17.2. The minimum Gasteiger partial charge on any atom is -0.436 e. The molecule has 0 bridgehead atoms. The molecule has 2 N–H and O–H groups in total. The number of benzene rings is 2. The first-order chi connectivity index (χ1) is 13.7. The van der Waals surface area contributed by atoms with E-state index in [4.69, 9.17) is 11.3 Å². The van der Waals surface area contributed by atoms with Crippen LogP contribution in [0.4, 0.5) is 23.1 Å². The highest BCUT2D eigenvalue weighted by atomic mass is 16.5. The van der Waals surface area contributed by atoms with E-state index in [-0.39, 0.29) is 0 Å². The zero-order chi connectivity index (χ0) is 19.3. The second-order valence-corrected chi connectivity index (χ2v) is 5.88. The van der Waals surface area contributed by atoms with E-state index in [1.807, 2.05) is 30.3 Å². The number of rotatable bonds is 5. The Labute approximate surface area is 161 Å². The Balaban J connectivity index is 1.65. The molecule has 0 fully saturated rings. The van der Waals surface area contributed by atoms with Gasteiger partial charge in [0, 0.05) is 30.4 Å². The van der Waals surface area contributed by atoms with E-state index in [0.29, 0.717) is 29.1 Å². The second kappa shape index (κ2) is 7.60. The van der Waals surface area contributed by atoms with Gasteiger partial charge in [-0.25, -0.2) is 4.85 Å². The fourth-order valence-corrected chi connectivity index (χ4v) is 2.68. The number of ether oxygens (including phenoxy) is 1. The number of pyridine rings is 1. The van der Waals surface area contributed by atoms with E-state index in [1.54, 1.807) is 43.6 Å². The normalized spacial score (nSPS) is 10.3. The molecule has 2 heterocycles. The largest absolute Gasteiger partial charge is 0.436 e. The zero-order valence-electron chi connectivity index (χ0n) is 15.0. The maximum atomic E-state index is 7.03. The molecule has 0 aliphatic carbocycles. The molecule has 2 aromatic heterocycles. The smallest absolute Gasteiger partial charge is 0.232 e. The Hall–Kier alpha value is -4.18. The van der Waals surface area contributed by atoms with Crippen molar-refractivity contribution in [2.75, 3.05) is 17.7 Å². The summed E-state index contributed by atoms with van der Waals surface area (Å²) in [6, 6.07) is 18.4. The molecule has 7 nitrogen and oxygen atoms in total. The first-order valence-electron chi connectivity index (χ1n) is 8.58. The van der Waals surface area contributed by atoms with Crippen molar-refractivity contribution >= 4 is 34.0 Å². The van der Waals surface area contributed by atoms with Gasteiger partial charge in [-0.15, -0.1) is 0 Å². The zero-order valence-corrected chi connectivity index (χ0v) is 15.0. The fraction of sp³-hybridized carbons (Fsp3) is 0.0476. The predicted molar refractivity (Wildman–Crippen MR) is 109 cm³/mol. The number of hydrogen-bond donors (Lipinski definition) is 2. The molecule has 0 amide bonds. The molecule has 4 aromatic rings. The van der Waals surface area contributed by atoms with E-state index < -0.39 is 0 Å². The minimum atomic E-state index is 0.380. The van der Waals surface area contributed by atoms with E-state index in [1.165, 1.54) is 0 Å². The van der Waals surface area contributed by atoms with Crippen molar-refractivity contribution in [2.24, 2.45) is 0 Å². The summed E-state index contributed by atoms with van der Waals surface area (Å²) in [7, 11) is 1.78. The van der Waals surface area contributed by atoms with Crippen LogP contribution in [0.15, 0.2) is 66.9 Å². The first-order valence-corrected chi connectivity index (χ1v) is 8.58. The molecular formula is C21H16N6O. The molecule has 0 saturated heterocycles. The van der Waals surface area contributed by atoms with Gasteiger partial charge in [-0.3, -0.25) is 4.98 Å². The van der Waals surface area contributed by atoms with Gasteiger partial charge in [0.2, 0.25) is 11.8 Å². The summed E-state index contributed by atoms with van der Waals surface area (Å²) in [5, 5.41) is 7.13. The van der Waals surface area contributed by atoms with Gasteiger partial charge in [-0.1, -0.05) is 30.3 Å².